The van der Waals surface area contributed by atoms with Crippen LogP contribution >= 0.6 is 69.6 Å². The minimum atomic E-state index is -5.80. The van der Waals surface area contributed by atoms with Crippen LogP contribution in [0.25, 0.3) is 11.1 Å². The summed E-state index contributed by atoms with van der Waals surface area (Å²) in [5.74, 6) is -18.4. The van der Waals surface area contributed by atoms with Gasteiger partial charge in [0.05, 0.1) is 41.3 Å². The molecule has 2 aliphatic carbocycles. The summed E-state index contributed by atoms with van der Waals surface area (Å²) < 4.78 is 212. The van der Waals surface area contributed by atoms with E-state index in [4.69, 9.17) is 69.6 Å². The second-order valence-corrected chi connectivity index (χ2v) is 13.7. The summed E-state index contributed by atoms with van der Waals surface area (Å²) in [4.78, 5) is 0. The number of nitriles is 2. The van der Waals surface area contributed by atoms with Crippen LogP contribution < -0.4 is 0 Å². The molecule has 5 rings (SSSR count). The maximum atomic E-state index is 15.1. The molecule has 3 atom stereocenters. The van der Waals surface area contributed by atoms with Crippen molar-refractivity contribution in [3.05, 3.63) is 110 Å². The van der Waals surface area contributed by atoms with Crippen molar-refractivity contribution in [3.63, 3.8) is 0 Å². The van der Waals surface area contributed by atoms with Gasteiger partial charge in [-0.15, -0.1) is 0 Å². The van der Waals surface area contributed by atoms with Crippen LogP contribution in [0.5, 0.6) is 0 Å². The minimum absolute atomic E-state index is 0.845. The Hall–Kier alpha value is -3.19. The lowest BCUT2D eigenvalue weighted by atomic mass is 9.99. The molecule has 2 nitrogen and oxygen atoms in total. The molecule has 0 amide bonds. The van der Waals surface area contributed by atoms with Gasteiger partial charge in [-0.2, -0.15) is 50.0 Å². The number of nitrogens with zero attached hydrogens (tertiary/aromatic N) is 2. The van der Waals surface area contributed by atoms with E-state index in [-0.39, 0.29) is 0 Å². The van der Waals surface area contributed by atoms with Crippen molar-refractivity contribution in [2.45, 2.75) is 31.4 Å². The van der Waals surface area contributed by atoms with Crippen LogP contribution in [0.3, 0.4) is 0 Å². The van der Waals surface area contributed by atoms with Gasteiger partial charge in [-0.3, -0.25) is 0 Å². The van der Waals surface area contributed by atoms with Gasteiger partial charge in [0.15, 0.2) is 34.9 Å². The Kier molecular flexibility index (Phi) is 10.3. The summed E-state index contributed by atoms with van der Waals surface area (Å²) in [6.45, 7) is 1.07. The van der Waals surface area contributed by atoms with Crippen molar-refractivity contribution in [2.75, 3.05) is 0 Å². The maximum absolute atomic E-state index is 15.1. The van der Waals surface area contributed by atoms with Crippen LogP contribution in [0.15, 0.2) is 11.1 Å². The van der Waals surface area contributed by atoms with Gasteiger partial charge in [-0.05, 0) is 22.6 Å². The molecule has 2 saturated carbocycles. The number of hydrogen-bond acceptors (Lipinski definition) is 2. The molecule has 3 aromatic rings. The fourth-order valence-corrected chi connectivity index (χ4v) is 8.52. The summed E-state index contributed by atoms with van der Waals surface area (Å²) >= 11 is 35.1. The van der Waals surface area contributed by atoms with E-state index in [1.165, 1.54) is 12.1 Å². The highest BCUT2D eigenvalue weighted by atomic mass is 35.5. The number of benzene rings is 3. The van der Waals surface area contributed by atoms with Crippen molar-refractivity contribution < 1.29 is 65.9 Å². The van der Waals surface area contributed by atoms with Crippen LogP contribution in [0.2, 0.25) is 30.1 Å². The largest absolute Gasteiger partial charge is 0.422 e. The molecule has 2 aliphatic rings. The summed E-state index contributed by atoms with van der Waals surface area (Å²) in [5, 5.41) is 10.7. The fourth-order valence-electron chi connectivity index (χ4n) is 6.62. The van der Waals surface area contributed by atoms with Crippen LogP contribution in [0, 0.1) is 68.9 Å². The SMILES string of the molecule is CC1C(c2c(Cl)c(F)c(C(F)(F)F)c(F)c2Cl)C12C(=C(/C#N)c1c(Cl)c(F)c(C(F)(F)F)c(F)c1Cl)/C2=C(/C#N)c1c(Cl)c(F)c(C(F)(F)F)c(F)c1Cl. The Bertz CT molecular complexity index is 2180. The second-order valence-electron chi connectivity index (χ2n) is 11.4. The molecule has 0 saturated heterocycles. The Morgan fingerprint density at radius 3 is 0.963 bits per heavy atom. The smallest absolute Gasteiger partial charge is 0.205 e. The zero-order valence-electron chi connectivity index (χ0n) is 25.0. The molecule has 3 aromatic carbocycles. The Balaban J connectivity index is 1.99. The van der Waals surface area contributed by atoms with Crippen LogP contribution in [0.1, 0.15) is 46.2 Å². The average Bonchev–Trinajstić information content (AvgIpc) is 3.88. The normalized spacial score (nSPS) is 21.6. The highest BCUT2D eigenvalue weighted by Gasteiger charge is 2.80. The minimum Gasteiger partial charge on any atom is -0.205 e. The molecule has 0 bridgehead atoms. The highest BCUT2D eigenvalue weighted by Crippen LogP contribution is 2.88. The van der Waals surface area contributed by atoms with Gasteiger partial charge in [0, 0.05) is 22.5 Å². The first-order chi connectivity index (χ1) is 24.6. The van der Waals surface area contributed by atoms with E-state index in [9.17, 15) is 50.0 Å². The van der Waals surface area contributed by atoms with E-state index >= 15 is 26.3 Å². The van der Waals surface area contributed by atoms with E-state index in [1.807, 2.05) is 0 Å². The fraction of sp³-hybridized carbons (Fsp3) is 0.226. The van der Waals surface area contributed by atoms with Crippen molar-refractivity contribution in [1.82, 2.24) is 0 Å². The number of rotatable bonds is 3. The summed E-state index contributed by atoms with van der Waals surface area (Å²) in [5.41, 5.74) is -18.2. The lowest BCUT2D eigenvalue weighted by Gasteiger charge is -2.16. The first-order valence-electron chi connectivity index (χ1n) is 13.7. The standard InChI is InChI=1S/C31H5Cl6F15N2/c1-4-10(9-20(36)26(42)15(31(50,51)52)27(43)21(9)37)28(4)11(5(2-53)7-16(32)22(38)13(29(44,45)46)23(39)17(7)33)12(28)6(3-54)8-18(34)24(40)14(30(47,48)49)25(41)19(8)35/h4,10H,1H3/b11-5-,12-6+. The average molecular weight is 903 g/mol. The van der Waals surface area contributed by atoms with Gasteiger partial charge < -0.3 is 0 Å². The van der Waals surface area contributed by atoms with E-state index in [0.29, 0.717) is 0 Å². The van der Waals surface area contributed by atoms with Gasteiger partial charge in [-0.25, -0.2) is 26.3 Å². The van der Waals surface area contributed by atoms with Crippen LogP contribution in [-0.2, 0) is 18.5 Å². The van der Waals surface area contributed by atoms with Crippen molar-refractivity contribution in [2.24, 2.45) is 11.3 Å². The Morgan fingerprint density at radius 1 is 0.500 bits per heavy atom. The van der Waals surface area contributed by atoms with E-state index < -0.39 is 156 Å². The van der Waals surface area contributed by atoms with Crippen LogP contribution in [0.4, 0.5) is 65.9 Å². The summed E-state index contributed by atoms with van der Waals surface area (Å²) in [7, 11) is 0. The topological polar surface area (TPSA) is 47.6 Å². The molecule has 0 radical (unpaired) electrons. The van der Waals surface area contributed by atoms with Gasteiger partial charge in [-0.1, -0.05) is 76.5 Å². The lowest BCUT2D eigenvalue weighted by molar-refractivity contribution is -0.143. The third kappa shape index (κ3) is 5.79. The van der Waals surface area contributed by atoms with E-state index in [2.05, 4.69) is 0 Å². The third-order valence-electron chi connectivity index (χ3n) is 8.82. The number of alkyl halides is 9. The maximum Gasteiger partial charge on any atom is 0.422 e. The molecule has 0 heterocycles. The zero-order valence-corrected chi connectivity index (χ0v) is 29.5. The number of hydrogen-bond donors (Lipinski definition) is 0. The first kappa shape index (κ1) is 42.0. The van der Waals surface area contributed by atoms with Gasteiger partial charge >= 0.3 is 18.5 Å². The number of halogens is 21. The van der Waals surface area contributed by atoms with Crippen LogP contribution in [-0.4, -0.2) is 0 Å². The monoisotopic (exact) mass is 900 g/mol. The molecule has 286 valence electrons. The third-order valence-corrected chi connectivity index (χ3v) is 11.0. The molecular formula is C31H5Cl6F15N2. The molecule has 1 spiro atoms. The molecule has 0 N–H and O–H groups in total. The molecule has 23 heteroatoms. The second kappa shape index (κ2) is 13.2. The number of allylic oxidation sites excluding steroid dienone is 4. The molecule has 3 unspecified atom stereocenters. The Labute approximate surface area is 320 Å². The summed E-state index contributed by atoms with van der Waals surface area (Å²) in [6, 6.07) is 2.62. The highest BCUT2D eigenvalue weighted by molar-refractivity contribution is 6.40. The van der Waals surface area contributed by atoms with Gasteiger partial charge in [0.1, 0.15) is 28.8 Å². The van der Waals surface area contributed by atoms with E-state index in [0.717, 1.165) is 6.92 Å². The van der Waals surface area contributed by atoms with E-state index in [1.54, 1.807) is 0 Å². The van der Waals surface area contributed by atoms with Gasteiger partial charge in [0.2, 0.25) is 0 Å². The molecule has 0 aliphatic heterocycles. The zero-order chi connectivity index (χ0) is 41.3. The molecule has 2 fully saturated rings. The predicted octanol–water partition coefficient (Wildman–Crippen LogP) is 14.2. The molecule has 0 aromatic heterocycles. The van der Waals surface area contributed by atoms with Crippen molar-refractivity contribution >= 4 is 80.8 Å². The first-order valence-corrected chi connectivity index (χ1v) is 16.0. The Morgan fingerprint density at radius 2 is 0.741 bits per heavy atom. The van der Waals surface area contributed by atoms with Crippen molar-refractivity contribution in [1.29, 1.82) is 10.5 Å². The quantitative estimate of drug-likeness (QED) is 0.149. The van der Waals surface area contributed by atoms with Gasteiger partial charge in [0.25, 0.3) is 0 Å². The predicted molar refractivity (Wildman–Crippen MR) is 164 cm³/mol. The molecule has 54 heavy (non-hydrogen) atoms. The summed E-state index contributed by atoms with van der Waals surface area (Å²) in [6.07, 6.45) is -17.4. The molecular weight excluding hydrogens is 898 g/mol. The van der Waals surface area contributed by atoms with Crippen molar-refractivity contribution in [3.8, 4) is 12.1 Å². The lowest BCUT2D eigenvalue weighted by Crippen LogP contribution is -2.14.